The van der Waals surface area contributed by atoms with Crippen molar-refractivity contribution in [1.29, 1.82) is 0 Å². The van der Waals surface area contributed by atoms with Crippen LogP contribution in [0.15, 0.2) is 24.3 Å². The Balaban J connectivity index is 1.52. The summed E-state index contributed by atoms with van der Waals surface area (Å²) >= 11 is 0. The highest BCUT2D eigenvalue weighted by molar-refractivity contribution is 5.76. The van der Waals surface area contributed by atoms with Gasteiger partial charge in [0.1, 0.15) is 6.10 Å². The summed E-state index contributed by atoms with van der Waals surface area (Å²) in [6.45, 7) is 2.75. The first-order valence-electron chi connectivity index (χ1n) is 7.69. The number of aromatic nitrogens is 2. The molecule has 5 heteroatoms. The van der Waals surface area contributed by atoms with Crippen molar-refractivity contribution >= 4 is 11.0 Å². The van der Waals surface area contributed by atoms with Gasteiger partial charge in [0.25, 0.3) is 6.01 Å². The zero-order chi connectivity index (χ0) is 14.3. The fourth-order valence-electron chi connectivity index (χ4n) is 3.49. The molecular formula is C16H21N3O2. The number of imidazole rings is 1. The first kappa shape index (κ1) is 13.1. The monoisotopic (exact) mass is 287 g/mol. The van der Waals surface area contributed by atoms with Crippen molar-refractivity contribution in [3.63, 3.8) is 0 Å². The van der Waals surface area contributed by atoms with Crippen molar-refractivity contribution in [2.24, 2.45) is 7.05 Å². The standard InChI is InChI=1S/C16H21N3O2/c1-19-14-5-3-2-4-13(14)18-15(19)21-12-10-16(20-11-12)6-8-17-9-7-16/h2-5,12,17H,6-11H2,1H3. The Hall–Kier alpha value is -1.59. The molecule has 0 amide bonds. The molecule has 2 saturated heterocycles. The van der Waals surface area contributed by atoms with E-state index in [-0.39, 0.29) is 11.7 Å². The third kappa shape index (κ3) is 2.30. The molecule has 4 rings (SSSR count). The molecule has 0 saturated carbocycles. The average Bonchev–Trinajstić information content (AvgIpc) is 3.03. The van der Waals surface area contributed by atoms with Crippen molar-refractivity contribution < 1.29 is 9.47 Å². The molecule has 1 unspecified atom stereocenters. The van der Waals surface area contributed by atoms with Gasteiger partial charge in [0.15, 0.2) is 0 Å². The molecule has 21 heavy (non-hydrogen) atoms. The topological polar surface area (TPSA) is 48.3 Å². The molecule has 1 atom stereocenters. The Kier molecular flexibility index (Phi) is 3.12. The Morgan fingerprint density at radius 1 is 1.33 bits per heavy atom. The van der Waals surface area contributed by atoms with E-state index in [1.165, 1.54) is 0 Å². The van der Waals surface area contributed by atoms with Crippen LogP contribution in [0.25, 0.3) is 11.0 Å². The Bertz CT molecular complexity index is 646. The van der Waals surface area contributed by atoms with Gasteiger partial charge in [-0.3, -0.25) is 4.57 Å². The van der Waals surface area contributed by atoms with Crippen molar-refractivity contribution in [2.75, 3.05) is 19.7 Å². The minimum Gasteiger partial charge on any atom is -0.459 e. The molecule has 2 aliphatic rings. The van der Waals surface area contributed by atoms with Crippen LogP contribution in [0.2, 0.25) is 0 Å². The van der Waals surface area contributed by atoms with Gasteiger partial charge in [-0.25, -0.2) is 0 Å². The molecule has 0 bridgehead atoms. The van der Waals surface area contributed by atoms with Gasteiger partial charge in [-0.1, -0.05) is 12.1 Å². The van der Waals surface area contributed by atoms with E-state index in [0.29, 0.717) is 12.6 Å². The van der Waals surface area contributed by atoms with Gasteiger partial charge >= 0.3 is 0 Å². The van der Waals surface area contributed by atoms with Crippen LogP contribution >= 0.6 is 0 Å². The lowest BCUT2D eigenvalue weighted by Gasteiger charge is -2.32. The van der Waals surface area contributed by atoms with E-state index in [0.717, 1.165) is 43.4 Å². The highest BCUT2D eigenvalue weighted by Gasteiger charge is 2.42. The van der Waals surface area contributed by atoms with Gasteiger partial charge in [-0.15, -0.1) is 0 Å². The summed E-state index contributed by atoms with van der Waals surface area (Å²) in [5, 5.41) is 3.39. The summed E-state index contributed by atoms with van der Waals surface area (Å²) < 4.78 is 14.2. The molecule has 0 aliphatic carbocycles. The first-order chi connectivity index (χ1) is 10.3. The predicted octanol–water partition coefficient (Wildman–Crippen LogP) is 1.86. The fraction of sp³-hybridized carbons (Fsp3) is 0.562. The van der Waals surface area contributed by atoms with Crippen LogP contribution in [-0.4, -0.2) is 41.0 Å². The number of hydrogen-bond acceptors (Lipinski definition) is 4. The summed E-state index contributed by atoms with van der Waals surface area (Å²) in [5.74, 6) is 0. The largest absolute Gasteiger partial charge is 0.459 e. The smallest absolute Gasteiger partial charge is 0.297 e. The van der Waals surface area contributed by atoms with Gasteiger partial charge < -0.3 is 14.8 Å². The van der Waals surface area contributed by atoms with E-state index in [9.17, 15) is 0 Å². The summed E-state index contributed by atoms with van der Waals surface area (Å²) in [6, 6.07) is 8.80. The second-order valence-corrected chi connectivity index (χ2v) is 6.13. The lowest BCUT2D eigenvalue weighted by Crippen LogP contribution is -2.41. The third-order valence-electron chi connectivity index (χ3n) is 4.71. The number of nitrogens with zero attached hydrogens (tertiary/aromatic N) is 2. The Labute approximate surface area is 124 Å². The summed E-state index contributed by atoms with van der Waals surface area (Å²) in [5.41, 5.74) is 2.11. The second kappa shape index (κ2) is 5.00. The number of rotatable bonds is 2. The quantitative estimate of drug-likeness (QED) is 0.916. The van der Waals surface area contributed by atoms with Gasteiger partial charge in [-0.05, 0) is 38.1 Å². The zero-order valence-corrected chi connectivity index (χ0v) is 12.3. The summed E-state index contributed by atoms with van der Waals surface area (Å²) in [6.07, 6.45) is 3.24. The lowest BCUT2D eigenvalue weighted by molar-refractivity contribution is -0.0206. The minimum atomic E-state index is 0.0283. The zero-order valence-electron chi connectivity index (χ0n) is 12.3. The van der Waals surface area contributed by atoms with Crippen LogP contribution in [-0.2, 0) is 11.8 Å². The van der Waals surface area contributed by atoms with Crippen molar-refractivity contribution in [3.05, 3.63) is 24.3 Å². The first-order valence-corrected chi connectivity index (χ1v) is 7.69. The molecule has 1 aromatic heterocycles. The molecule has 1 N–H and O–H groups in total. The molecule has 1 spiro atoms. The van der Waals surface area contributed by atoms with E-state index in [2.05, 4.69) is 16.4 Å². The van der Waals surface area contributed by atoms with Crippen LogP contribution in [0.5, 0.6) is 6.01 Å². The van der Waals surface area contributed by atoms with Crippen LogP contribution in [0.1, 0.15) is 19.3 Å². The van der Waals surface area contributed by atoms with Gasteiger partial charge in [-0.2, -0.15) is 4.98 Å². The number of benzene rings is 1. The van der Waals surface area contributed by atoms with Gasteiger partial charge in [0, 0.05) is 13.5 Å². The van der Waals surface area contributed by atoms with E-state index in [1.54, 1.807) is 0 Å². The molecule has 5 nitrogen and oxygen atoms in total. The molecule has 0 radical (unpaired) electrons. The van der Waals surface area contributed by atoms with E-state index in [1.807, 2.05) is 29.8 Å². The Morgan fingerprint density at radius 3 is 2.95 bits per heavy atom. The Morgan fingerprint density at radius 2 is 2.14 bits per heavy atom. The lowest BCUT2D eigenvalue weighted by atomic mass is 9.89. The molecule has 1 aromatic carbocycles. The number of nitrogens with one attached hydrogen (secondary N) is 1. The molecule has 2 fully saturated rings. The number of para-hydroxylation sites is 2. The van der Waals surface area contributed by atoms with E-state index < -0.39 is 0 Å². The number of ether oxygens (including phenoxy) is 2. The fourth-order valence-corrected chi connectivity index (χ4v) is 3.49. The summed E-state index contributed by atoms with van der Waals surface area (Å²) in [7, 11) is 2.00. The van der Waals surface area contributed by atoms with E-state index >= 15 is 0 Å². The average molecular weight is 287 g/mol. The van der Waals surface area contributed by atoms with Gasteiger partial charge in [0.2, 0.25) is 0 Å². The third-order valence-corrected chi connectivity index (χ3v) is 4.71. The SMILES string of the molecule is Cn1c(OC2COC3(CCNCC3)C2)nc2ccccc21. The number of fused-ring (bicyclic) bond motifs is 1. The number of aryl methyl sites for hydroxylation is 1. The maximum atomic E-state index is 6.13. The molecule has 3 heterocycles. The number of piperidine rings is 1. The van der Waals surface area contributed by atoms with Gasteiger partial charge in [0.05, 0.1) is 23.2 Å². The molecular weight excluding hydrogens is 266 g/mol. The van der Waals surface area contributed by atoms with Crippen molar-refractivity contribution in [3.8, 4) is 6.01 Å². The molecule has 112 valence electrons. The predicted molar refractivity (Wildman–Crippen MR) is 80.5 cm³/mol. The number of hydrogen-bond donors (Lipinski definition) is 1. The van der Waals surface area contributed by atoms with Crippen LogP contribution in [0.4, 0.5) is 0 Å². The normalized spacial score (nSPS) is 24.7. The molecule has 2 aliphatic heterocycles. The van der Waals surface area contributed by atoms with Crippen LogP contribution < -0.4 is 10.1 Å². The maximum absolute atomic E-state index is 6.13. The highest BCUT2D eigenvalue weighted by atomic mass is 16.6. The van der Waals surface area contributed by atoms with Crippen LogP contribution in [0.3, 0.4) is 0 Å². The maximum Gasteiger partial charge on any atom is 0.297 e. The summed E-state index contributed by atoms with van der Waals surface area (Å²) in [4.78, 5) is 4.58. The van der Waals surface area contributed by atoms with Crippen molar-refractivity contribution in [2.45, 2.75) is 31.0 Å². The van der Waals surface area contributed by atoms with E-state index in [4.69, 9.17) is 9.47 Å². The van der Waals surface area contributed by atoms with Crippen LogP contribution in [0, 0.1) is 0 Å². The minimum absolute atomic E-state index is 0.0283. The van der Waals surface area contributed by atoms with Crippen molar-refractivity contribution in [1.82, 2.24) is 14.9 Å². The molecule has 2 aromatic rings. The second-order valence-electron chi connectivity index (χ2n) is 6.13. The highest BCUT2D eigenvalue weighted by Crippen LogP contribution is 2.35.